The van der Waals surface area contributed by atoms with Gasteiger partial charge in [-0.15, -0.1) is 0 Å². The molecule has 1 aliphatic carbocycles. The molecule has 0 heterocycles. The van der Waals surface area contributed by atoms with E-state index in [1.807, 2.05) is 38.2 Å². The Bertz CT molecular complexity index is 1020. The lowest BCUT2D eigenvalue weighted by molar-refractivity contribution is -0.138. The Labute approximate surface area is 208 Å². The van der Waals surface area contributed by atoms with Crippen LogP contribution in [-0.4, -0.2) is 12.6 Å². The summed E-state index contributed by atoms with van der Waals surface area (Å²) in [7, 11) is 0. The van der Waals surface area contributed by atoms with E-state index in [1.165, 1.54) is 36.0 Å². The molecule has 0 aromatic heterocycles. The van der Waals surface area contributed by atoms with E-state index < -0.39 is 0 Å². The van der Waals surface area contributed by atoms with E-state index in [4.69, 9.17) is 4.74 Å². The van der Waals surface area contributed by atoms with Crippen molar-refractivity contribution in [2.45, 2.75) is 74.7 Å². The Balaban J connectivity index is 2.67. The molecule has 34 heavy (non-hydrogen) atoms. The second-order valence-electron chi connectivity index (χ2n) is 9.53. The van der Waals surface area contributed by atoms with Gasteiger partial charge in [-0.1, -0.05) is 85.4 Å². The van der Waals surface area contributed by atoms with Gasteiger partial charge in [0, 0.05) is 5.57 Å². The van der Waals surface area contributed by atoms with Gasteiger partial charge in [-0.2, -0.15) is 0 Å². The number of carbonyl (C=O) groups is 1. The lowest BCUT2D eigenvalue weighted by atomic mass is 9.72. The Kier molecular flexibility index (Phi) is 12.8. The molecule has 1 aliphatic rings. The lowest BCUT2D eigenvalue weighted by Gasteiger charge is -2.32. The molecule has 1 rings (SSSR count). The van der Waals surface area contributed by atoms with Crippen molar-refractivity contribution in [3.63, 3.8) is 0 Å². The van der Waals surface area contributed by atoms with Gasteiger partial charge in [-0.05, 0) is 95.1 Å². The van der Waals surface area contributed by atoms with Gasteiger partial charge in [0.15, 0.2) is 0 Å². The molecule has 0 radical (unpaired) electrons. The first-order chi connectivity index (χ1) is 16.1. The molecule has 0 aromatic carbocycles. The molecule has 0 amide bonds. The van der Waals surface area contributed by atoms with E-state index in [-0.39, 0.29) is 11.4 Å². The normalized spacial score (nSPS) is 18.1. The van der Waals surface area contributed by atoms with Gasteiger partial charge in [-0.25, -0.2) is 4.79 Å². The number of carbonyl (C=O) groups excluding carboxylic acids is 1. The summed E-state index contributed by atoms with van der Waals surface area (Å²) in [4.78, 5) is 11.6. The van der Waals surface area contributed by atoms with Crippen molar-refractivity contribution in [3.8, 4) is 11.8 Å². The van der Waals surface area contributed by atoms with Gasteiger partial charge in [0.2, 0.25) is 0 Å². The van der Waals surface area contributed by atoms with Crippen molar-refractivity contribution in [1.29, 1.82) is 0 Å². The zero-order chi connectivity index (χ0) is 25.6. The maximum Gasteiger partial charge on any atom is 0.333 e. The largest absolute Gasteiger partial charge is 0.463 e. The van der Waals surface area contributed by atoms with Gasteiger partial charge in [-0.3, -0.25) is 0 Å². The molecule has 0 aliphatic heterocycles. The van der Waals surface area contributed by atoms with Crippen LogP contribution in [0.2, 0.25) is 0 Å². The highest BCUT2D eigenvalue weighted by Crippen LogP contribution is 2.40. The fourth-order valence-electron chi connectivity index (χ4n) is 3.70. The predicted octanol–water partition coefficient (Wildman–Crippen LogP) is 8.53. The van der Waals surface area contributed by atoms with Crippen molar-refractivity contribution in [3.05, 3.63) is 94.2 Å². The lowest BCUT2D eigenvalue weighted by Crippen LogP contribution is -2.19. The van der Waals surface area contributed by atoms with E-state index in [9.17, 15) is 4.79 Å². The second-order valence-corrected chi connectivity index (χ2v) is 9.53. The predicted molar refractivity (Wildman–Crippen MR) is 147 cm³/mol. The highest BCUT2D eigenvalue weighted by Gasteiger charge is 2.26. The Morgan fingerprint density at radius 3 is 2.09 bits per heavy atom. The summed E-state index contributed by atoms with van der Waals surface area (Å²) in [5.74, 6) is 5.83. The smallest absolute Gasteiger partial charge is 0.333 e. The van der Waals surface area contributed by atoms with E-state index in [0.29, 0.717) is 12.2 Å². The van der Waals surface area contributed by atoms with Crippen LogP contribution in [0.5, 0.6) is 0 Å². The number of esters is 1. The molecule has 0 spiro atoms. The molecule has 0 atom stereocenters. The molecule has 2 heteroatoms. The van der Waals surface area contributed by atoms with Gasteiger partial charge in [0.1, 0.15) is 0 Å². The highest BCUT2D eigenvalue weighted by molar-refractivity contribution is 5.88. The monoisotopic (exact) mass is 458 g/mol. The van der Waals surface area contributed by atoms with Crippen LogP contribution in [0.1, 0.15) is 74.7 Å². The molecular weight excluding hydrogens is 416 g/mol. The number of ether oxygens (including phenoxy) is 1. The van der Waals surface area contributed by atoms with Crippen LogP contribution in [0.4, 0.5) is 0 Å². The first-order valence-corrected chi connectivity index (χ1v) is 12.2. The zero-order valence-corrected chi connectivity index (χ0v) is 22.4. The minimum atomic E-state index is -0.288. The molecule has 0 bridgehead atoms. The van der Waals surface area contributed by atoms with Crippen molar-refractivity contribution >= 4 is 5.97 Å². The number of allylic oxidation sites excluding steroid dienone is 15. The third kappa shape index (κ3) is 11.2. The topological polar surface area (TPSA) is 26.3 Å². The fourth-order valence-corrected chi connectivity index (χ4v) is 3.70. The first kappa shape index (κ1) is 29.0. The second kappa shape index (κ2) is 15.0. The van der Waals surface area contributed by atoms with Gasteiger partial charge in [0.25, 0.3) is 0 Å². The zero-order valence-electron chi connectivity index (χ0n) is 22.4. The average Bonchev–Trinajstić information content (AvgIpc) is 2.76. The van der Waals surface area contributed by atoms with Crippen LogP contribution in [0.25, 0.3) is 0 Å². The summed E-state index contributed by atoms with van der Waals surface area (Å²) >= 11 is 0. The van der Waals surface area contributed by atoms with Crippen molar-refractivity contribution in [1.82, 2.24) is 0 Å². The number of hydrogen-bond acceptors (Lipinski definition) is 2. The molecule has 182 valence electrons. The van der Waals surface area contributed by atoms with E-state index in [2.05, 4.69) is 69.9 Å². The van der Waals surface area contributed by atoms with Gasteiger partial charge < -0.3 is 4.74 Å². The summed E-state index contributed by atoms with van der Waals surface area (Å²) in [5, 5.41) is 0. The van der Waals surface area contributed by atoms with E-state index in [1.54, 1.807) is 19.9 Å². The standard InChI is InChI=1S/C32H42O2/c1-9-34-31(33)29(6)20-13-19-26(3)16-11-10-15-25(2)17-12-18-27(4)22-23-30-28(5)21-14-24-32(30,7)8/h12-13,15-20,22-23H,9,14,21,24H2,1-8H3. The Hall–Kier alpha value is -3.05. The Morgan fingerprint density at radius 1 is 0.941 bits per heavy atom. The van der Waals surface area contributed by atoms with Crippen molar-refractivity contribution in [2.24, 2.45) is 5.41 Å². The molecule has 0 saturated carbocycles. The molecule has 0 fully saturated rings. The maximum atomic E-state index is 11.6. The molecule has 0 N–H and O–H groups in total. The van der Waals surface area contributed by atoms with Crippen LogP contribution in [0.3, 0.4) is 0 Å². The van der Waals surface area contributed by atoms with Gasteiger partial charge >= 0.3 is 5.97 Å². The molecule has 0 unspecified atom stereocenters. The molecule has 2 nitrogen and oxygen atoms in total. The summed E-state index contributed by atoms with van der Waals surface area (Å²) in [6.45, 7) is 17.0. The van der Waals surface area contributed by atoms with Crippen LogP contribution < -0.4 is 0 Å². The SMILES string of the molecule is CCOC(=O)C(C)=CC=CC(C)=CC#CC=C(C)C=CC=C(C)C=CC1=C(C)CCCC1(C)C. The summed E-state index contributed by atoms with van der Waals surface area (Å²) in [6, 6.07) is 0. The third-order valence-electron chi connectivity index (χ3n) is 5.76. The van der Waals surface area contributed by atoms with Crippen LogP contribution in [-0.2, 0) is 9.53 Å². The molecular formula is C32H42O2. The average molecular weight is 459 g/mol. The van der Waals surface area contributed by atoms with Crippen molar-refractivity contribution < 1.29 is 9.53 Å². The first-order valence-electron chi connectivity index (χ1n) is 12.2. The number of rotatable bonds is 8. The highest BCUT2D eigenvalue weighted by atomic mass is 16.5. The van der Waals surface area contributed by atoms with Crippen LogP contribution in [0.15, 0.2) is 94.2 Å². The summed E-state index contributed by atoms with van der Waals surface area (Å²) in [5.41, 5.74) is 7.21. The molecule has 0 saturated heterocycles. The quantitative estimate of drug-likeness (QED) is 0.158. The van der Waals surface area contributed by atoms with Crippen LogP contribution >= 0.6 is 0 Å². The maximum absolute atomic E-state index is 11.6. The summed E-state index contributed by atoms with van der Waals surface area (Å²) in [6.07, 6.45) is 23.8. The van der Waals surface area contributed by atoms with Crippen molar-refractivity contribution in [2.75, 3.05) is 6.61 Å². The number of hydrogen-bond donors (Lipinski definition) is 0. The minimum Gasteiger partial charge on any atom is -0.463 e. The van der Waals surface area contributed by atoms with E-state index in [0.717, 1.165) is 11.1 Å². The van der Waals surface area contributed by atoms with Gasteiger partial charge in [0.05, 0.1) is 6.61 Å². The molecule has 0 aromatic rings. The third-order valence-corrected chi connectivity index (χ3v) is 5.76. The minimum absolute atomic E-state index is 0.272. The Morgan fingerprint density at radius 2 is 1.53 bits per heavy atom. The van der Waals surface area contributed by atoms with E-state index >= 15 is 0 Å². The van der Waals surface area contributed by atoms with Crippen LogP contribution in [0, 0.1) is 17.3 Å². The fraction of sp³-hybridized carbons (Fsp3) is 0.406. The summed E-state index contributed by atoms with van der Waals surface area (Å²) < 4.78 is 4.95.